The molecule has 1 aromatic rings. The average Bonchev–Trinajstić information content (AvgIpc) is 2.55. The van der Waals surface area contributed by atoms with Gasteiger partial charge in [-0.05, 0) is 44.4 Å². The Kier molecular flexibility index (Phi) is 6.87. The summed E-state index contributed by atoms with van der Waals surface area (Å²) in [5.41, 5.74) is 3.43. The summed E-state index contributed by atoms with van der Waals surface area (Å²) in [7, 11) is 0. The molecule has 1 aromatic carbocycles. The molecular weight excluding hydrogens is 308 g/mol. The van der Waals surface area contributed by atoms with E-state index in [1.54, 1.807) is 4.90 Å². The number of hydrogen-bond donors (Lipinski definition) is 2. The van der Waals surface area contributed by atoms with Crippen LogP contribution < -0.4 is 10.1 Å². The van der Waals surface area contributed by atoms with Gasteiger partial charge in [0, 0.05) is 31.2 Å². The van der Waals surface area contributed by atoms with Gasteiger partial charge in [-0.25, -0.2) is 4.79 Å². The van der Waals surface area contributed by atoms with Gasteiger partial charge < -0.3 is 24.8 Å². The van der Waals surface area contributed by atoms with E-state index in [4.69, 9.17) is 14.6 Å². The Morgan fingerprint density at radius 1 is 1.33 bits per heavy atom. The van der Waals surface area contributed by atoms with Crippen LogP contribution in [0.15, 0.2) is 12.1 Å². The summed E-state index contributed by atoms with van der Waals surface area (Å²) in [4.78, 5) is 13.9. The highest BCUT2D eigenvalue weighted by Crippen LogP contribution is 2.30. The van der Waals surface area contributed by atoms with E-state index in [0.717, 1.165) is 23.3 Å². The lowest BCUT2D eigenvalue weighted by molar-refractivity contribution is 0.0861. The molecule has 6 heteroatoms. The Labute approximate surface area is 143 Å². The summed E-state index contributed by atoms with van der Waals surface area (Å²) in [6.07, 6.45) is 0.537. The van der Waals surface area contributed by atoms with Gasteiger partial charge in [0.2, 0.25) is 0 Å². The second-order valence-electron chi connectivity index (χ2n) is 5.94. The zero-order valence-electron chi connectivity index (χ0n) is 14.8. The number of carbonyl (C=O) groups is 1. The van der Waals surface area contributed by atoms with Gasteiger partial charge in [-0.2, -0.15) is 0 Å². The Balaban J connectivity index is 2.23. The topological polar surface area (TPSA) is 71.0 Å². The summed E-state index contributed by atoms with van der Waals surface area (Å²) < 4.78 is 10.9. The van der Waals surface area contributed by atoms with E-state index in [1.807, 2.05) is 26.8 Å². The maximum atomic E-state index is 12.1. The molecule has 1 unspecified atom stereocenters. The summed E-state index contributed by atoms with van der Waals surface area (Å²) in [6.45, 7) is 8.64. The number of ether oxygens (including phenoxy) is 2. The molecule has 1 heterocycles. The predicted octanol–water partition coefficient (Wildman–Crippen LogP) is 2.07. The molecule has 0 radical (unpaired) electrons. The lowest BCUT2D eigenvalue weighted by Crippen LogP contribution is -2.43. The van der Waals surface area contributed by atoms with Gasteiger partial charge in [0.25, 0.3) is 0 Å². The molecule has 1 aliphatic rings. The minimum atomic E-state index is -0.262. The molecule has 0 saturated carbocycles. The van der Waals surface area contributed by atoms with E-state index < -0.39 is 0 Å². The van der Waals surface area contributed by atoms with E-state index in [1.165, 1.54) is 5.56 Å². The number of fused-ring (bicyclic) bond motifs is 1. The van der Waals surface area contributed by atoms with Gasteiger partial charge in [0.15, 0.2) is 0 Å². The molecule has 1 aliphatic heterocycles. The molecule has 1 amide bonds. The van der Waals surface area contributed by atoms with Crippen LogP contribution in [0, 0.1) is 0 Å². The fourth-order valence-corrected chi connectivity index (χ4v) is 3.00. The van der Waals surface area contributed by atoms with Crippen molar-refractivity contribution in [1.82, 2.24) is 10.2 Å². The van der Waals surface area contributed by atoms with Crippen molar-refractivity contribution in [2.24, 2.45) is 0 Å². The average molecular weight is 336 g/mol. The standard InChI is InChI=1S/C18H28N2O4/c1-4-23-17-10-16-12-20(18(22)24-5-2)13(3)8-14(16)9-15(17)11-19-6-7-21/h9-10,13,19,21H,4-8,11-12H2,1-3H3. The molecule has 6 nitrogen and oxygen atoms in total. The van der Waals surface area contributed by atoms with Crippen molar-refractivity contribution >= 4 is 6.09 Å². The third-order valence-electron chi connectivity index (χ3n) is 4.18. The van der Waals surface area contributed by atoms with Gasteiger partial charge in [-0.3, -0.25) is 0 Å². The molecule has 0 fully saturated rings. The maximum absolute atomic E-state index is 12.1. The molecule has 0 saturated heterocycles. The lowest BCUT2D eigenvalue weighted by atomic mass is 9.92. The lowest BCUT2D eigenvalue weighted by Gasteiger charge is -2.34. The third-order valence-corrected chi connectivity index (χ3v) is 4.18. The van der Waals surface area contributed by atoms with Crippen LogP contribution in [0.5, 0.6) is 5.75 Å². The molecule has 24 heavy (non-hydrogen) atoms. The van der Waals surface area contributed by atoms with Crippen LogP contribution in [0.1, 0.15) is 37.5 Å². The highest BCUT2D eigenvalue weighted by molar-refractivity contribution is 5.68. The van der Waals surface area contributed by atoms with Crippen LogP contribution in [-0.2, 0) is 24.2 Å². The number of nitrogens with one attached hydrogen (secondary N) is 1. The number of rotatable bonds is 7. The first kappa shape index (κ1) is 18.5. The summed E-state index contributed by atoms with van der Waals surface area (Å²) in [6, 6.07) is 4.30. The van der Waals surface area contributed by atoms with Crippen LogP contribution in [-0.4, -0.2) is 48.5 Å². The first-order valence-electron chi connectivity index (χ1n) is 8.63. The zero-order chi connectivity index (χ0) is 17.5. The number of nitrogens with zero attached hydrogens (tertiary/aromatic N) is 1. The molecular formula is C18H28N2O4. The quantitative estimate of drug-likeness (QED) is 0.746. The van der Waals surface area contributed by atoms with Gasteiger partial charge in [-0.15, -0.1) is 0 Å². The van der Waals surface area contributed by atoms with Crippen molar-refractivity contribution < 1.29 is 19.4 Å². The third kappa shape index (κ3) is 4.39. The fraction of sp³-hybridized carbons (Fsp3) is 0.611. The highest BCUT2D eigenvalue weighted by atomic mass is 16.6. The summed E-state index contributed by atoms with van der Waals surface area (Å²) in [5.74, 6) is 0.833. The summed E-state index contributed by atoms with van der Waals surface area (Å²) in [5, 5.41) is 12.1. The maximum Gasteiger partial charge on any atom is 0.410 e. The van der Waals surface area contributed by atoms with E-state index in [-0.39, 0.29) is 18.7 Å². The minimum Gasteiger partial charge on any atom is -0.494 e. The number of carbonyl (C=O) groups excluding carboxylic acids is 1. The van der Waals surface area contributed by atoms with E-state index in [0.29, 0.717) is 32.8 Å². The predicted molar refractivity (Wildman–Crippen MR) is 92.1 cm³/mol. The van der Waals surface area contributed by atoms with E-state index in [9.17, 15) is 4.79 Å². The molecule has 0 aromatic heterocycles. The van der Waals surface area contributed by atoms with Crippen molar-refractivity contribution in [1.29, 1.82) is 0 Å². The summed E-state index contributed by atoms with van der Waals surface area (Å²) >= 11 is 0. The van der Waals surface area contributed by atoms with Crippen molar-refractivity contribution in [2.45, 2.75) is 46.3 Å². The smallest absolute Gasteiger partial charge is 0.410 e. The normalized spacial score (nSPS) is 16.7. The van der Waals surface area contributed by atoms with Crippen LogP contribution in [0.4, 0.5) is 4.79 Å². The number of amides is 1. The Morgan fingerprint density at radius 2 is 2.12 bits per heavy atom. The van der Waals surface area contributed by atoms with Crippen LogP contribution in [0.25, 0.3) is 0 Å². The van der Waals surface area contributed by atoms with Gasteiger partial charge in [-0.1, -0.05) is 6.07 Å². The minimum absolute atomic E-state index is 0.104. The molecule has 134 valence electrons. The van der Waals surface area contributed by atoms with E-state index >= 15 is 0 Å². The van der Waals surface area contributed by atoms with Gasteiger partial charge >= 0.3 is 6.09 Å². The van der Waals surface area contributed by atoms with Crippen molar-refractivity contribution in [3.05, 3.63) is 28.8 Å². The molecule has 2 rings (SSSR count). The fourth-order valence-electron chi connectivity index (χ4n) is 3.00. The molecule has 0 bridgehead atoms. The van der Waals surface area contributed by atoms with Crippen LogP contribution >= 0.6 is 0 Å². The van der Waals surface area contributed by atoms with Crippen LogP contribution in [0.2, 0.25) is 0 Å². The van der Waals surface area contributed by atoms with Gasteiger partial charge in [0.05, 0.1) is 19.8 Å². The molecule has 0 spiro atoms. The first-order valence-corrected chi connectivity index (χ1v) is 8.63. The number of aliphatic hydroxyl groups excluding tert-OH is 1. The number of aliphatic hydroxyl groups is 1. The second kappa shape index (κ2) is 8.89. The monoisotopic (exact) mass is 336 g/mol. The van der Waals surface area contributed by atoms with Crippen molar-refractivity contribution in [2.75, 3.05) is 26.4 Å². The Hall–Kier alpha value is -1.79. The highest BCUT2D eigenvalue weighted by Gasteiger charge is 2.28. The number of benzene rings is 1. The van der Waals surface area contributed by atoms with Crippen molar-refractivity contribution in [3.63, 3.8) is 0 Å². The molecule has 1 atom stereocenters. The largest absolute Gasteiger partial charge is 0.494 e. The van der Waals surface area contributed by atoms with Gasteiger partial charge in [0.1, 0.15) is 5.75 Å². The SMILES string of the molecule is CCOC(=O)N1Cc2cc(OCC)c(CNCCO)cc2CC1C. The molecule has 0 aliphatic carbocycles. The number of hydrogen-bond acceptors (Lipinski definition) is 5. The first-order chi connectivity index (χ1) is 11.6. The Morgan fingerprint density at radius 3 is 2.79 bits per heavy atom. The molecule has 2 N–H and O–H groups in total. The zero-order valence-corrected chi connectivity index (χ0v) is 14.8. The van der Waals surface area contributed by atoms with E-state index in [2.05, 4.69) is 11.4 Å². The second-order valence-corrected chi connectivity index (χ2v) is 5.94. The van der Waals surface area contributed by atoms with Crippen LogP contribution in [0.3, 0.4) is 0 Å². The Bertz CT molecular complexity index is 562. The van der Waals surface area contributed by atoms with Crippen molar-refractivity contribution in [3.8, 4) is 5.75 Å².